The summed E-state index contributed by atoms with van der Waals surface area (Å²) < 4.78 is 5.30. The van der Waals surface area contributed by atoms with E-state index < -0.39 is 0 Å². The predicted octanol–water partition coefficient (Wildman–Crippen LogP) is 2.41. The second-order valence-electron chi connectivity index (χ2n) is 4.14. The van der Waals surface area contributed by atoms with Crippen LogP contribution in [0.5, 0.6) is 5.75 Å². The van der Waals surface area contributed by atoms with Gasteiger partial charge in [-0.2, -0.15) is 5.10 Å². The second-order valence-corrected chi connectivity index (χ2v) is 4.14. The fourth-order valence-corrected chi connectivity index (χ4v) is 1.58. The number of hydrazone groups is 1. The maximum absolute atomic E-state index is 11.5. The van der Waals surface area contributed by atoms with E-state index in [0.29, 0.717) is 12.2 Å². The zero-order valence-electron chi connectivity index (χ0n) is 11.0. The lowest BCUT2D eigenvalue weighted by molar-refractivity contribution is -0.123. The van der Waals surface area contributed by atoms with Crippen molar-refractivity contribution in [3.05, 3.63) is 66.2 Å². The highest BCUT2D eigenvalue weighted by Gasteiger charge is 2.00. The Bertz CT molecular complexity index is 553. The molecule has 0 aliphatic carbocycles. The monoisotopic (exact) mass is 268 g/mol. The number of para-hydroxylation sites is 1. The molecule has 1 amide bonds. The summed E-state index contributed by atoms with van der Waals surface area (Å²) in [5, 5.41) is 3.87. The molecule has 2 aromatic rings. The van der Waals surface area contributed by atoms with Gasteiger partial charge in [0.2, 0.25) is 0 Å². The minimum Gasteiger partial charge on any atom is -0.484 e. The van der Waals surface area contributed by atoms with Crippen LogP contribution in [0.2, 0.25) is 0 Å². The van der Waals surface area contributed by atoms with Gasteiger partial charge < -0.3 is 4.74 Å². The number of ether oxygens (including phenoxy) is 1. The van der Waals surface area contributed by atoms with E-state index in [1.807, 2.05) is 48.5 Å². The molecular weight excluding hydrogens is 252 g/mol. The van der Waals surface area contributed by atoms with Crippen molar-refractivity contribution in [3.8, 4) is 5.75 Å². The Hall–Kier alpha value is -2.62. The van der Waals surface area contributed by atoms with E-state index in [4.69, 9.17) is 4.74 Å². The number of carbonyl (C=O) groups is 1. The summed E-state index contributed by atoms with van der Waals surface area (Å²) in [6.45, 7) is -0.0489. The Morgan fingerprint density at radius 2 is 1.70 bits per heavy atom. The fourth-order valence-electron chi connectivity index (χ4n) is 1.58. The maximum atomic E-state index is 11.5. The van der Waals surface area contributed by atoms with Gasteiger partial charge >= 0.3 is 0 Å². The van der Waals surface area contributed by atoms with Crippen molar-refractivity contribution in [2.75, 3.05) is 6.61 Å². The molecule has 4 heteroatoms. The molecule has 0 atom stereocenters. The van der Waals surface area contributed by atoms with Gasteiger partial charge in [0, 0.05) is 12.6 Å². The smallest absolute Gasteiger partial charge is 0.277 e. The van der Waals surface area contributed by atoms with Crippen LogP contribution in [0.4, 0.5) is 0 Å². The van der Waals surface area contributed by atoms with Gasteiger partial charge in [-0.25, -0.2) is 5.43 Å². The summed E-state index contributed by atoms with van der Waals surface area (Å²) in [5.74, 6) is 0.383. The van der Waals surface area contributed by atoms with Crippen LogP contribution in [0.25, 0.3) is 0 Å². The molecule has 1 N–H and O–H groups in total. The standard InChI is InChI=1S/C16H16N2O2/c19-16(13-20-15-9-5-2-6-10-15)18-17-12-11-14-7-3-1-4-8-14/h1-10,12H,11,13H2,(H,18,19). The normalized spacial score (nSPS) is 10.4. The second kappa shape index (κ2) is 7.74. The highest BCUT2D eigenvalue weighted by Crippen LogP contribution is 2.07. The summed E-state index contributed by atoms with van der Waals surface area (Å²) in [6, 6.07) is 19.1. The molecule has 0 spiro atoms. The third-order valence-electron chi connectivity index (χ3n) is 2.56. The van der Waals surface area contributed by atoms with Crippen LogP contribution in [0.3, 0.4) is 0 Å². The van der Waals surface area contributed by atoms with Crippen molar-refractivity contribution in [1.29, 1.82) is 0 Å². The molecule has 0 saturated carbocycles. The number of rotatable bonds is 6. The first-order chi connectivity index (χ1) is 9.84. The van der Waals surface area contributed by atoms with Crippen molar-refractivity contribution in [3.63, 3.8) is 0 Å². The first-order valence-electron chi connectivity index (χ1n) is 6.37. The van der Waals surface area contributed by atoms with Crippen LogP contribution >= 0.6 is 0 Å². The third kappa shape index (κ3) is 4.94. The van der Waals surface area contributed by atoms with Gasteiger partial charge in [0.05, 0.1) is 0 Å². The molecule has 0 heterocycles. The van der Waals surface area contributed by atoms with Gasteiger partial charge in [0.1, 0.15) is 5.75 Å². The van der Waals surface area contributed by atoms with Crippen LogP contribution in [0, 0.1) is 0 Å². The van der Waals surface area contributed by atoms with Gasteiger partial charge in [-0.05, 0) is 17.7 Å². The zero-order valence-corrected chi connectivity index (χ0v) is 11.0. The predicted molar refractivity (Wildman–Crippen MR) is 78.7 cm³/mol. The molecule has 2 rings (SSSR count). The SMILES string of the molecule is O=C(COc1ccccc1)NN=CCc1ccccc1. The summed E-state index contributed by atoms with van der Waals surface area (Å²) in [4.78, 5) is 11.5. The van der Waals surface area contributed by atoms with E-state index in [-0.39, 0.29) is 12.5 Å². The largest absolute Gasteiger partial charge is 0.484 e. The maximum Gasteiger partial charge on any atom is 0.277 e. The molecule has 0 unspecified atom stereocenters. The Labute approximate surface area is 118 Å². The highest BCUT2D eigenvalue weighted by atomic mass is 16.5. The third-order valence-corrected chi connectivity index (χ3v) is 2.56. The van der Waals surface area contributed by atoms with E-state index in [9.17, 15) is 4.79 Å². The molecule has 20 heavy (non-hydrogen) atoms. The topological polar surface area (TPSA) is 50.7 Å². The molecule has 0 saturated heterocycles. The Morgan fingerprint density at radius 1 is 1.05 bits per heavy atom. The van der Waals surface area contributed by atoms with Gasteiger partial charge in [-0.1, -0.05) is 48.5 Å². The Balaban J connectivity index is 1.67. The molecule has 0 fully saturated rings. The van der Waals surface area contributed by atoms with Crippen molar-refractivity contribution in [1.82, 2.24) is 5.43 Å². The molecule has 0 aromatic heterocycles. The molecule has 2 aromatic carbocycles. The van der Waals surface area contributed by atoms with E-state index >= 15 is 0 Å². The molecular formula is C16H16N2O2. The lowest BCUT2D eigenvalue weighted by atomic mass is 10.2. The number of benzene rings is 2. The van der Waals surface area contributed by atoms with Crippen LogP contribution in [0.15, 0.2) is 65.8 Å². The Kier molecular flexibility index (Phi) is 5.34. The molecule has 0 aliphatic rings. The summed E-state index contributed by atoms with van der Waals surface area (Å²) in [7, 11) is 0. The lowest BCUT2D eigenvalue weighted by Gasteiger charge is -2.04. The highest BCUT2D eigenvalue weighted by molar-refractivity contribution is 5.78. The van der Waals surface area contributed by atoms with Crippen molar-refractivity contribution in [2.24, 2.45) is 5.10 Å². The average molecular weight is 268 g/mol. The van der Waals surface area contributed by atoms with Crippen LogP contribution in [-0.2, 0) is 11.2 Å². The zero-order chi connectivity index (χ0) is 14.0. The molecule has 102 valence electrons. The number of nitrogens with one attached hydrogen (secondary N) is 1. The number of nitrogens with zero attached hydrogens (tertiary/aromatic N) is 1. The molecule has 4 nitrogen and oxygen atoms in total. The molecule has 0 bridgehead atoms. The number of hydrogen-bond donors (Lipinski definition) is 1. The van der Waals surface area contributed by atoms with E-state index in [0.717, 1.165) is 5.56 Å². The lowest BCUT2D eigenvalue weighted by Crippen LogP contribution is -2.24. The van der Waals surface area contributed by atoms with Gasteiger partial charge in [-0.15, -0.1) is 0 Å². The molecule has 0 aliphatic heterocycles. The minimum absolute atomic E-state index is 0.0489. The minimum atomic E-state index is -0.279. The van der Waals surface area contributed by atoms with E-state index in [2.05, 4.69) is 10.5 Å². The van der Waals surface area contributed by atoms with Crippen LogP contribution in [-0.4, -0.2) is 18.7 Å². The number of hydrogen-bond acceptors (Lipinski definition) is 3. The summed E-state index contributed by atoms with van der Waals surface area (Å²) >= 11 is 0. The molecule has 0 radical (unpaired) electrons. The quantitative estimate of drug-likeness (QED) is 0.646. The Morgan fingerprint density at radius 3 is 2.40 bits per heavy atom. The first-order valence-corrected chi connectivity index (χ1v) is 6.37. The average Bonchev–Trinajstić information content (AvgIpc) is 2.52. The van der Waals surface area contributed by atoms with Gasteiger partial charge in [0.15, 0.2) is 6.61 Å². The van der Waals surface area contributed by atoms with Gasteiger partial charge in [-0.3, -0.25) is 4.79 Å². The summed E-state index contributed by atoms with van der Waals surface area (Å²) in [5.41, 5.74) is 3.57. The fraction of sp³-hybridized carbons (Fsp3) is 0.125. The van der Waals surface area contributed by atoms with Crippen LogP contribution in [0.1, 0.15) is 5.56 Å². The summed E-state index contributed by atoms with van der Waals surface area (Å²) in [6.07, 6.45) is 2.34. The van der Waals surface area contributed by atoms with E-state index in [1.54, 1.807) is 18.3 Å². The number of amides is 1. The van der Waals surface area contributed by atoms with Crippen molar-refractivity contribution >= 4 is 12.1 Å². The number of carbonyl (C=O) groups excluding carboxylic acids is 1. The van der Waals surface area contributed by atoms with Crippen molar-refractivity contribution < 1.29 is 9.53 Å². The van der Waals surface area contributed by atoms with Gasteiger partial charge in [0.25, 0.3) is 5.91 Å². The van der Waals surface area contributed by atoms with Crippen molar-refractivity contribution in [2.45, 2.75) is 6.42 Å². The van der Waals surface area contributed by atoms with Crippen LogP contribution < -0.4 is 10.2 Å². The first kappa shape index (κ1) is 13.8. The van der Waals surface area contributed by atoms with E-state index in [1.165, 1.54) is 0 Å².